The van der Waals surface area contributed by atoms with E-state index in [-0.39, 0.29) is 6.61 Å². The van der Waals surface area contributed by atoms with E-state index in [0.717, 1.165) is 45.9 Å². The van der Waals surface area contributed by atoms with Crippen LogP contribution in [0.1, 0.15) is 12.8 Å². The molecule has 6 heteroatoms. The van der Waals surface area contributed by atoms with Crippen molar-refractivity contribution >= 4 is 0 Å². The molecule has 1 aliphatic heterocycles. The number of aliphatic hydroxyl groups excluding tert-OH is 1. The lowest BCUT2D eigenvalue weighted by molar-refractivity contribution is 0.0939. The molecular formula is C14H31N3O3. The summed E-state index contributed by atoms with van der Waals surface area (Å²) in [6.45, 7) is 9.98. The highest BCUT2D eigenvalue weighted by atomic mass is 16.5. The second-order valence-corrected chi connectivity index (χ2v) is 5.00. The van der Waals surface area contributed by atoms with E-state index in [2.05, 4.69) is 15.5 Å². The van der Waals surface area contributed by atoms with Crippen LogP contribution in [0.4, 0.5) is 0 Å². The van der Waals surface area contributed by atoms with Crippen LogP contribution in [-0.2, 0) is 9.47 Å². The number of ether oxygens (including phenoxy) is 2. The van der Waals surface area contributed by atoms with Crippen LogP contribution in [0.15, 0.2) is 0 Å². The number of hydrogen-bond donors (Lipinski definition) is 3. The molecule has 0 bridgehead atoms. The molecule has 0 saturated carbocycles. The van der Waals surface area contributed by atoms with Gasteiger partial charge in [0.2, 0.25) is 0 Å². The van der Waals surface area contributed by atoms with Crippen molar-refractivity contribution in [3.8, 4) is 0 Å². The summed E-state index contributed by atoms with van der Waals surface area (Å²) in [5.41, 5.74) is 0. The molecule has 120 valence electrons. The normalized spacial score (nSPS) is 16.1. The molecule has 0 atom stereocenters. The van der Waals surface area contributed by atoms with Gasteiger partial charge in [-0.05, 0) is 25.9 Å². The summed E-state index contributed by atoms with van der Waals surface area (Å²) in [6.07, 6.45) is 2.69. The Morgan fingerprint density at radius 1 is 0.800 bits per heavy atom. The van der Waals surface area contributed by atoms with Gasteiger partial charge in [-0.2, -0.15) is 0 Å². The maximum Gasteiger partial charge on any atom is 0.0698 e. The maximum absolute atomic E-state index is 8.52. The molecule has 0 aromatic carbocycles. The highest BCUT2D eigenvalue weighted by molar-refractivity contribution is 4.65. The highest BCUT2D eigenvalue weighted by Crippen LogP contribution is 2.05. The third-order valence-electron chi connectivity index (χ3n) is 3.31. The zero-order chi connectivity index (χ0) is 14.3. The average Bonchev–Trinajstić information content (AvgIpc) is 2.97. The van der Waals surface area contributed by atoms with Gasteiger partial charge in [-0.3, -0.25) is 0 Å². The molecule has 1 heterocycles. The fourth-order valence-corrected chi connectivity index (χ4v) is 2.18. The number of likely N-dealkylation sites (tertiary alicyclic amines) is 1. The Morgan fingerprint density at radius 2 is 1.40 bits per heavy atom. The van der Waals surface area contributed by atoms with Crippen LogP contribution in [0.3, 0.4) is 0 Å². The summed E-state index contributed by atoms with van der Waals surface area (Å²) in [4.78, 5) is 2.47. The third kappa shape index (κ3) is 10.5. The van der Waals surface area contributed by atoms with Crippen LogP contribution >= 0.6 is 0 Å². The Balaban J connectivity index is 1.66. The molecular weight excluding hydrogens is 258 g/mol. The first-order chi connectivity index (χ1) is 9.93. The Kier molecular flexibility index (Phi) is 12.2. The van der Waals surface area contributed by atoms with Crippen molar-refractivity contribution in [3.63, 3.8) is 0 Å². The summed E-state index contributed by atoms with van der Waals surface area (Å²) in [6, 6.07) is 0. The van der Waals surface area contributed by atoms with Gasteiger partial charge >= 0.3 is 0 Å². The molecule has 0 unspecified atom stereocenters. The molecule has 3 N–H and O–H groups in total. The lowest BCUT2D eigenvalue weighted by atomic mass is 10.4. The Morgan fingerprint density at radius 3 is 2.00 bits per heavy atom. The van der Waals surface area contributed by atoms with E-state index >= 15 is 0 Å². The summed E-state index contributed by atoms with van der Waals surface area (Å²) in [7, 11) is 0. The van der Waals surface area contributed by atoms with Gasteiger partial charge in [-0.1, -0.05) is 0 Å². The molecule has 1 rings (SSSR count). The van der Waals surface area contributed by atoms with Gasteiger partial charge in [-0.15, -0.1) is 0 Å². The average molecular weight is 289 g/mol. The van der Waals surface area contributed by atoms with E-state index in [9.17, 15) is 0 Å². The topological polar surface area (TPSA) is 66.0 Å². The molecule has 0 spiro atoms. The lowest BCUT2D eigenvalue weighted by Crippen LogP contribution is -2.32. The van der Waals surface area contributed by atoms with Crippen molar-refractivity contribution in [1.29, 1.82) is 0 Å². The molecule has 0 radical (unpaired) electrons. The molecule has 1 fully saturated rings. The molecule has 1 aliphatic rings. The molecule has 1 saturated heterocycles. The first kappa shape index (κ1) is 17.8. The number of rotatable bonds is 14. The number of nitrogens with zero attached hydrogens (tertiary/aromatic N) is 1. The monoisotopic (exact) mass is 289 g/mol. The number of aliphatic hydroxyl groups is 1. The zero-order valence-electron chi connectivity index (χ0n) is 12.6. The molecule has 20 heavy (non-hydrogen) atoms. The molecule has 0 aromatic rings. The van der Waals surface area contributed by atoms with Gasteiger partial charge in [-0.25, -0.2) is 0 Å². The van der Waals surface area contributed by atoms with Crippen molar-refractivity contribution < 1.29 is 14.6 Å². The minimum Gasteiger partial charge on any atom is -0.394 e. The molecule has 0 amide bonds. The van der Waals surface area contributed by atoms with Crippen molar-refractivity contribution in [3.05, 3.63) is 0 Å². The van der Waals surface area contributed by atoms with Gasteiger partial charge in [0.05, 0.1) is 33.0 Å². The Bertz CT molecular complexity index is 202. The summed E-state index contributed by atoms with van der Waals surface area (Å²) in [5.74, 6) is 0. The first-order valence-electron chi connectivity index (χ1n) is 7.83. The predicted molar refractivity (Wildman–Crippen MR) is 80.1 cm³/mol. The van der Waals surface area contributed by atoms with Crippen LogP contribution < -0.4 is 10.6 Å². The third-order valence-corrected chi connectivity index (χ3v) is 3.31. The Hall–Kier alpha value is -0.240. The standard InChI is InChI=1S/C14H31N3O3/c18-10-14-20-12-6-16-4-3-15-5-11-19-13-9-17-7-1-2-8-17/h15-16,18H,1-14H2. The largest absolute Gasteiger partial charge is 0.394 e. The predicted octanol–water partition coefficient (Wildman–Crippen LogP) is -0.713. The van der Waals surface area contributed by atoms with Crippen LogP contribution in [0, 0.1) is 0 Å². The summed E-state index contributed by atoms with van der Waals surface area (Å²) in [5, 5.41) is 15.1. The Labute approximate surface area is 122 Å². The molecule has 0 aromatic heterocycles. The van der Waals surface area contributed by atoms with E-state index in [0.29, 0.717) is 13.2 Å². The second kappa shape index (κ2) is 13.7. The van der Waals surface area contributed by atoms with Crippen molar-refractivity contribution in [2.75, 3.05) is 78.8 Å². The van der Waals surface area contributed by atoms with E-state index in [4.69, 9.17) is 14.6 Å². The lowest BCUT2D eigenvalue weighted by Gasteiger charge is -2.14. The van der Waals surface area contributed by atoms with Gasteiger partial charge in [0, 0.05) is 32.7 Å². The van der Waals surface area contributed by atoms with Crippen molar-refractivity contribution in [1.82, 2.24) is 15.5 Å². The van der Waals surface area contributed by atoms with Crippen molar-refractivity contribution in [2.45, 2.75) is 12.8 Å². The van der Waals surface area contributed by atoms with Gasteiger partial charge in [0.1, 0.15) is 0 Å². The van der Waals surface area contributed by atoms with Gasteiger partial charge in [0.15, 0.2) is 0 Å². The summed E-state index contributed by atoms with van der Waals surface area (Å²) >= 11 is 0. The minimum absolute atomic E-state index is 0.0965. The highest BCUT2D eigenvalue weighted by Gasteiger charge is 2.09. The fraction of sp³-hybridized carbons (Fsp3) is 1.00. The van der Waals surface area contributed by atoms with E-state index in [1.54, 1.807) is 0 Å². The van der Waals surface area contributed by atoms with E-state index in [1.807, 2.05) is 0 Å². The quantitative estimate of drug-likeness (QED) is 0.367. The van der Waals surface area contributed by atoms with Crippen LogP contribution in [0.25, 0.3) is 0 Å². The fourth-order valence-electron chi connectivity index (χ4n) is 2.18. The van der Waals surface area contributed by atoms with Gasteiger partial charge < -0.3 is 30.1 Å². The summed E-state index contributed by atoms with van der Waals surface area (Å²) < 4.78 is 10.7. The van der Waals surface area contributed by atoms with Crippen LogP contribution in [0.5, 0.6) is 0 Å². The smallest absolute Gasteiger partial charge is 0.0698 e. The van der Waals surface area contributed by atoms with Crippen molar-refractivity contribution in [2.24, 2.45) is 0 Å². The minimum atomic E-state index is 0.0965. The van der Waals surface area contributed by atoms with Gasteiger partial charge in [0.25, 0.3) is 0 Å². The first-order valence-corrected chi connectivity index (χ1v) is 7.83. The second-order valence-electron chi connectivity index (χ2n) is 5.00. The van der Waals surface area contributed by atoms with Crippen LogP contribution in [0.2, 0.25) is 0 Å². The van der Waals surface area contributed by atoms with E-state index in [1.165, 1.54) is 25.9 Å². The molecule has 6 nitrogen and oxygen atoms in total. The number of hydrogen-bond acceptors (Lipinski definition) is 6. The molecule has 0 aliphatic carbocycles. The number of nitrogens with one attached hydrogen (secondary N) is 2. The zero-order valence-corrected chi connectivity index (χ0v) is 12.6. The SMILES string of the molecule is OCCOCCNCCNCCOCCN1CCCC1. The van der Waals surface area contributed by atoms with E-state index < -0.39 is 0 Å². The van der Waals surface area contributed by atoms with Crippen LogP contribution in [-0.4, -0.2) is 88.9 Å². The maximum atomic E-state index is 8.52.